The average Bonchev–Trinajstić information content (AvgIpc) is 2.79. The van der Waals surface area contributed by atoms with Gasteiger partial charge < -0.3 is 4.74 Å². The summed E-state index contributed by atoms with van der Waals surface area (Å²) in [6.07, 6.45) is 3.22. The van der Waals surface area contributed by atoms with Crippen LogP contribution in [-0.2, 0) is 14.8 Å². The van der Waals surface area contributed by atoms with Gasteiger partial charge in [-0.05, 0) is 25.7 Å². The van der Waals surface area contributed by atoms with Crippen molar-refractivity contribution in [3.63, 3.8) is 0 Å². The molecule has 0 spiro atoms. The Morgan fingerprint density at radius 3 is 2.75 bits per heavy atom. The summed E-state index contributed by atoms with van der Waals surface area (Å²) in [5.41, 5.74) is 0. The van der Waals surface area contributed by atoms with E-state index in [1.807, 2.05) is 6.07 Å². The van der Waals surface area contributed by atoms with E-state index in [1.54, 1.807) is 6.92 Å². The van der Waals surface area contributed by atoms with Crippen molar-refractivity contribution in [3.05, 3.63) is 0 Å². The lowest BCUT2D eigenvalue weighted by atomic mass is 9.96. The zero-order chi connectivity index (χ0) is 11.8. The van der Waals surface area contributed by atoms with Crippen LogP contribution in [0.3, 0.4) is 0 Å². The Morgan fingerprint density at radius 2 is 2.31 bits per heavy atom. The number of ether oxygens (including phenoxy) is 1. The predicted octanol–water partition coefficient (Wildman–Crippen LogP) is 0.528. The summed E-state index contributed by atoms with van der Waals surface area (Å²) in [6.45, 7) is 1.70. The summed E-state index contributed by atoms with van der Waals surface area (Å²) >= 11 is 0. The molecule has 0 aromatic carbocycles. The van der Waals surface area contributed by atoms with Gasteiger partial charge in [-0.25, -0.2) is 13.1 Å². The number of fused-ring (bicyclic) bond motifs is 2. The fourth-order valence-corrected chi connectivity index (χ4v) is 3.85. The second-order valence-corrected chi connectivity index (χ2v) is 6.30. The molecule has 0 amide bonds. The third kappa shape index (κ3) is 2.08. The van der Waals surface area contributed by atoms with E-state index >= 15 is 0 Å². The molecule has 16 heavy (non-hydrogen) atoms. The number of rotatable bonds is 4. The van der Waals surface area contributed by atoms with Gasteiger partial charge in [-0.3, -0.25) is 0 Å². The number of nitrogens with zero attached hydrogens (tertiary/aromatic N) is 1. The zero-order valence-electron chi connectivity index (χ0n) is 9.22. The highest BCUT2D eigenvalue weighted by Gasteiger charge is 2.43. The first kappa shape index (κ1) is 11.8. The van der Waals surface area contributed by atoms with Crippen LogP contribution in [0.1, 0.15) is 32.6 Å². The lowest BCUT2D eigenvalue weighted by Crippen LogP contribution is -2.45. The maximum absolute atomic E-state index is 11.8. The Morgan fingerprint density at radius 1 is 1.56 bits per heavy atom. The van der Waals surface area contributed by atoms with Crippen molar-refractivity contribution in [3.8, 4) is 6.07 Å². The van der Waals surface area contributed by atoms with Crippen LogP contribution in [0.4, 0.5) is 0 Å². The van der Waals surface area contributed by atoms with Crippen LogP contribution in [0.25, 0.3) is 0 Å². The molecule has 2 bridgehead atoms. The zero-order valence-corrected chi connectivity index (χ0v) is 10.0. The second kappa shape index (κ2) is 4.32. The fraction of sp³-hybridized carbons (Fsp3) is 0.900. The van der Waals surface area contributed by atoms with Gasteiger partial charge in [-0.1, -0.05) is 6.92 Å². The van der Waals surface area contributed by atoms with Gasteiger partial charge in [0.05, 0.1) is 24.3 Å². The molecule has 0 aliphatic carbocycles. The highest BCUT2D eigenvalue weighted by Crippen LogP contribution is 2.34. The SMILES string of the molecule is CCC(C#N)S(=O)(=O)NC1CC2CCC1O2. The monoisotopic (exact) mass is 244 g/mol. The van der Waals surface area contributed by atoms with Crippen molar-refractivity contribution in [1.29, 1.82) is 5.26 Å². The third-order valence-electron chi connectivity index (χ3n) is 3.31. The molecule has 4 atom stereocenters. The normalized spacial score (nSPS) is 34.9. The van der Waals surface area contributed by atoms with Crippen LogP contribution < -0.4 is 4.72 Å². The summed E-state index contributed by atoms with van der Waals surface area (Å²) < 4.78 is 31.9. The number of sulfonamides is 1. The highest BCUT2D eigenvalue weighted by atomic mass is 32.2. The summed E-state index contributed by atoms with van der Waals surface area (Å²) in [5, 5.41) is 7.81. The van der Waals surface area contributed by atoms with Crippen molar-refractivity contribution in [2.75, 3.05) is 0 Å². The van der Waals surface area contributed by atoms with Crippen LogP contribution in [-0.4, -0.2) is 31.9 Å². The summed E-state index contributed by atoms with van der Waals surface area (Å²) in [7, 11) is -3.52. The Kier molecular flexibility index (Phi) is 3.19. The number of hydrogen-bond acceptors (Lipinski definition) is 4. The van der Waals surface area contributed by atoms with Crippen molar-refractivity contribution >= 4 is 10.0 Å². The minimum Gasteiger partial charge on any atom is -0.373 e. The molecular weight excluding hydrogens is 228 g/mol. The quantitative estimate of drug-likeness (QED) is 0.782. The molecule has 0 saturated carbocycles. The van der Waals surface area contributed by atoms with E-state index in [9.17, 15) is 8.42 Å². The summed E-state index contributed by atoms with van der Waals surface area (Å²) in [5.74, 6) is 0. The Labute approximate surface area is 95.8 Å². The standard InChI is InChI=1S/C10H16N2O3S/c1-2-8(6-11)16(13,14)12-9-5-7-3-4-10(9)15-7/h7-10,12H,2-5H2,1H3. The predicted molar refractivity (Wildman–Crippen MR) is 58.0 cm³/mol. The molecule has 0 aromatic heterocycles. The smallest absolute Gasteiger partial charge is 0.228 e. The molecule has 4 unspecified atom stereocenters. The van der Waals surface area contributed by atoms with Crippen LogP contribution in [0, 0.1) is 11.3 Å². The largest absolute Gasteiger partial charge is 0.373 e. The van der Waals surface area contributed by atoms with E-state index in [-0.39, 0.29) is 18.2 Å². The average molecular weight is 244 g/mol. The van der Waals surface area contributed by atoms with Crippen molar-refractivity contribution in [1.82, 2.24) is 4.72 Å². The van der Waals surface area contributed by atoms with Crippen LogP contribution >= 0.6 is 0 Å². The molecule has 2 aliphatic heterocycles. The van der Waals surface area contributed by atoms with Crippen molar-refractivity contribution in [2.24, 2.45) is 0 Å². The summed E-state index contributed by atoms with van der Waals surface area (Å²) in [6, 6.07) is 1.69. The van der Waals surface area contributed by atoms with E-state index in [0.717, 1.165) is 19.3 Å². The van der Waals surface area contributed by atoms with E-state index in [0.29, 0.717) is 6.42 Å². The molecule has 2 fully saturated rings. The molecular formula is C10H16N2O3S. The molecule has 6 heteroatoms. The fourth-order valence-electron chi connectivity index (χ4n) is 2.44. The Balaban J connectivity index is 2.02. The Hall–Kier alpha value is -0.640. The van der Waals surface area contributed by atoms with Gasteiger partial charge in [0, 0.05) is 0 Å². The lowest BCUT2D eigenvalue weighted by Gasteiger charge is -2.21. The molecule has 2 saturated heterocycles. The topological polar surface area (TPSA) is 79.2 Å². The van der Waals surface area contributed by atoms with E-state index < -0.39 is 15.3 Å². The first-order valence-corrected chi connectivity index (χ1v) is 7.17. The van der Waals surface area contributed by atoms with Gasteiger partial charge >= 0.3 is 0 Å². The van der Waals surface area contributed by atoms with E-state index in [1.165, 1.54) is 0 Å². The van der Waals surface area contributed by atoms with Gasteiger partial charge in [0.15, 0.2) is 5.25 Å². The van der Waals surface area contributed by atoms with Gasteiger partial charge in [0.2, 0.25) is 10.0 Å². The van der Waals surface area contributed by atoms with E-state index in [4.69, 9.17) is 10.00 Å². The molecule has 2 heterocycles. The van der Waals surface area contributed by atoms with Crippen molar-refractivity contribution in [2.45, 2.75) is 56.1 Å². The highest BCUT2D eigenvalue weighted by molar-refractivity contribution is 7.90. The first-order valence-electron chi connectivity index (χ1n) is 5.63. The lowest BCUT2D eigenvalue weighted by molar-refractivity contribution is 0.0995. The molecule has 90 valence electrons. The molecule has 2 aliphatic rings. The van der Waals surface area contributed by atoms with Gasteiger partial charge in [-0.15, -0.1) is 0 Å². The van der Waals surface area contributed by atoms with Gasteiger partial charge in [-0.2, -0.15) is 5.26 Å². The van der Waals surface area contributed by atoms with Gasteiger partial charge in [0.25, 0.3) is 0 Å². The van der Waals surface area contributed by atoms with Gasteiger partial charge in [0.1, 0.15) is 0 Å². The second-order valence-electron chi connectivity index (χ2n) is 4.40. The minimum atomic E-state index is -3.52. The number of hydrogen-bond donors (Lipinski definition) is 1. The minimum absolute atomic E-state index is 0.0102. The number of nitrogens with one attached hydrogen (secondary N) is 1. The molecule has 0 aromatic rings. The first-order chi connectivity index (χ1) is 7.56. The molecule has 2 rings (SSSR count). The molecule has 1 N–H and O–H groups in total. The maximum Gasteiger partial charge on any atom is 0.228 e. The van der Waals surface area contributed by atoms with Crippen LogP contribution in [0.2, 0.25) is 0 Å². The van der Waals surface area contributed by atoms with Crippen LogP contribution in [0.5, 0.6) is 0 Å². The molecule has 5 nitrogen and oxygen atoms in total. The third-order valence-corrected chi connectivity index (χ3v) is 5.13. The van der Waals surface area contributed by atoms with Crippen LogP contribution in [0.15, 0.2) is 0 Å². The Bertz CT molecular complexity index is 401. The maximum atomic E-state index is 11.8. The summed E-state index contributed by atoms with van der Waals surface area (Å²) in [4.78, 5) is 0. The number of nitriles is 1. The van der Waals surface area contributed by atoms with Crippen molar-refractivity contribution < 1.29 is 13.2 Å². The van der Waals surface area contributed by atoms with E-state index in [2.05, 4.69) is 4.72 Å². The molecule has 0 radical (unpaired) electrons.